The van der Waals surface area contributed by atoms with E-state index in [1.165, 1.54) is 36.9 Å². The van der Waals surface area contributed by atoms with Gasteiger partial charge in [-0.1, -0.05) is 58.9 Å². The molecule has 0 amide bonds. The van der Waals surface area contributed by atoms with Gasteiger partial charge < -0.3 is 4.42 Å². The summed E-state index contributed by atoms with van der Waals surface area (Å²) in [6.45, 7) is 13.6. The van der Waals surface area contributed by atoms with Crippen LogP contribution >= 0.6 is 11.3 Å². The van der Waals surface area contributed by atoms with E-state index in [2.05, 4.69) is 95.1 Å². The number of benzene rings is 3. The molecule has 0 atom stereocenters. The number of hydrogen-bond acceptors (Lipinski definition) is 4. The summed E-state index contributed by atoms with van der Waals surface area (Å²) in [5.41, 5.74) is 6.27. The lowest BCUT2D eigenvalue weighted by atomic mass is 9.82. The van der Waals surface area contributed by atoms with E-state index in [0.29, 0.717) is 11.6 Å². The van der Waals surface area contributed by atoms with Crippen LogP contribution in [-0.2, 0) is 11.8 Å². The molecule has 0 aliphatic heterocycles. The van der Waals surface area contributed by atoms with Gasteiger partial charge in [0.15, 0.2) is 0 Å². The molecule has 0 bridgehead atoms. The van der Waals surface area contributed by atoms with Crippen LogP contribution in [0.4, 0.5) is 0 Å². The maximum atomic E-state index is 6.47. The van der Waals surface area contributed by atoms with Gasteiger partial charge in [0, 0.05) is 25.9 Å². The van der Waals surface area contributed by atoms with Gasteiger partial charge in [0.2, 0.25) is 5.71 Å². The highest BCUT2D eigenvalue weighted by Gasteiger charge is 2.23. The van der Waals surface area contributed by atoms with Gasteiger partial charge in [0.25, 0.3) is 0 Å². The fourth-order valence-corrected chi connectivity index (χ4v) is 6.72. The summed E-state index contributed by atoms with van der Waals surface area (Å²) < 4.78 is 7.75. The third kappa shape index (κ3) is 3.54. The molecular formula is C31H30N2OS. The van der Waals surface area contributed by atoms with Crippen molar-refractivity contribution >= 4 is 54.3 Å². The number of furan rings is 1. The lowest BCUT2D eigenvalue weighted by Crippen LogP contribution is -2.12. The first-order chi connectivity index (χ1) is 16.7. The van der Waals surface area contributed by atoms with E-state index in [4.69, 9.17) is 9.40 Å². The largest absolute Gasteiger partial charge is 0.437 e. The molecule has 6 rings (SSSR count). The normalized spacial score (nSPS) is 12.7. The van der Waals surface area contributed by atoms with Gasteiger partial charge in [0.1, 0.15) is 11.9 Å². The predicted octanol–water partition coefficient (Wildman–Crippen LogP) is 9.22. The monoisotopic (exact) mass is 478 g/mol. The SMILES string of the molecule is Cc1c(CC(C)C)sc2ccc3c(oc4ncnc(-c5cc(C(C)(C)C)c6ccccc6c5)c43)c12. The maximum Gasteiger partial charge on any atom is 0.231 e. The van der Waals surface area contributed by atoms with Crippen molar-refractivity contribution in [1.29, 1.82) is 0 Å². The molecule has 176 valence electrons. The average Bonchev–Trinajstić information content (AvgIpc) is 3.34. The second kappa shape index (κ2) is 7.89. The summed E-state index contributed by atoms with van der Waals surface area (Å²) in [6, 6.07) is 17.6. The smallest absolute Gasteiger partial charge is 0.231 e. The third-order valence-corrected chi connectivity index (χ3v) is 8.24. The number of aromatic nitrogens is 2. The molecule has 3 aromatic heterocycles. The molecule has 0 aliphatic carbocycles. The molecule has 0 N–H and O–H groups in total. The Balaban J connectivity index is 1.66. The predicted molar refractivity (Wildman–Crippen MR) is 150 cm³/mol. The Morgan fingerprint density at radius 1 is 0.943 bits per heavy atom. The third-order valence-electron chi connectivity index (χ3n) is 6.96. The quantitative estimate of drug-likeness (QED) is 0.254. The van der Waals surface area contributed by atoms with Crippen molar-refractivity contribution < 1.29 is 4.42 Å². The van der Waals surface area contributed by atoms with E-state index in [1.807, 2.05) is 11.3 Å². The van der Waals surface area contributed by atoms with Crippen LogP contribution < -0.4 is 0 Å². The van der Waals surface area contributed by atoms with E-state index in [1.54, 1.807) is 6.33 Å². The fraction of sp³-hybridized carbons (Fsp3) is 0.290. The number of fused-ring (bicyclic) bond motifs is 6. The second-order valence-corrected chi connectivity index (χ2v) is 12.2. The van der Waals surface area contributed by atoms with Gasteiger partial charge in [-0.25, -0.2) is 9.97 Å². The molecule has 35 heavy (non-hydrogen) atoms. The Hall–Kier alpha value is -3.24. The van der Waals surface area contributed by atoms with Crippen LogP contribution in [0.3, 0.4) is 0 Å². The van der Waals surface area contributed by atoms with Crippen molar-refractivity contribution in [2.24, 2.45) is 5.92 Å². The van der Waals surface area contributed by atoms with Gasteiger partial charge in [0.05, 0.1) is 11.1 Å². The molecule has 0 saturated heterocycles. The van der Waals surface area contributed by atoms with Crippen LogP contribution in [0.1, 0.15) is 50.6 Å². The van der Waals surface area contributed by atoms with Crippen LogP contribution in [-0.4, -0.2) is 9.97 Å². The van der Waals surface area contributed by atoms with Crippen molar-refractivity contribution in [3.05, 3.63) is 70.9 Å². The van der Waals surface area contributed by atoms with Gasteiger partial charge in [-0.2, -0.15) is 0 Å². The lowest BCUT2D eigenvalue weighted by molar-refractivity contribution is 0.596. The minimum atomic E-state index is 0.00694. The van der Waals surface area contributed by atoms with E-state index in [-0.39, 0.29) is 5.41 Å². The van der Waals surface area contributed by atoms with Crippen molar-refractivity contribution in [2.75, 3.05) is 0 Å². The molecule has 3 nitrogen and oxygen atoms in total. The maximum absolute atomic E-state index is 6.47. The first kappa shape index (κ1) is 22.2. The van der Waals surface area contributed by atoms with Gasteiger partial charge in [-0.05, 0) is 70.8 Å². The van der Waals surface area contributed by atoms with Crippen LogP contribution in [0.2, 0.25) is 0 Å². The van der Waals surface area contributed by atoms with E-state index >= 15 is 0 Å². The molecule has 0 fully saturated rings. The second-order valence-electron chi connectivity index (χ2n) is 11.1. The molecule has 0 aliphatic rings. The summed E-state index contributed by atoms with van der Waals surface area (Å²) in [6.07, 6.45) is 2.72. The van der Waals surface area contributed by atoms with Crippen LogP contribution in [0, 0.1) is 12.8 Å². The number of thiophene rings is 1. The summed E-state index contributed by atoms with van der Waals surface area (Å²) >= 11 is 1.89. The molecule has 4 heteroatoms. The summed E-state index contributed by atoms with van der Waals surface area (Å²) in [4.78, 5) is 10.8. The van der Waals surface area contributed by atoms with E-state index in [0.717, 1.165) is 34.0 Å². The van der Waals surface area contributed by atoms with Gasteiger partial charge in [-0.15, -0.1) is 11.3 Å². The lowest BCUT2D eigenvalue weighted by Gasteiger charge is -2.22. The molecule has 3 aromatic carbocycles. The molecule has 0 saturated carbocycles. The fourth-order valence-electron chi connectivity index (χ4n) is 5.29. The van der Waals surface area contributed by atoms with Crippen molar-refractivity contribution in [1.82, 2.24) is 9.97 Å². The number of rotatable bonds is 3. The van der Waals surface area contributed by atoms with Gasteiger partial charge in [-0.3, -0.25) is 0 Å². The summed E-state index contributed by atoms with van der Waals surface area (Å²) in [5.74, 6) is 0.621. The van der Waals surface area contributed by atoms with Crippen molar-refractivity contribution in [2.45, 2.75) is 53.4 Å². The molecule has 0 unspecified atom stereocenters. The number of hydrogen-bond donors (Lipinski definition) is 0. The van der Waals surface area contributed by atoms with Crippen LogP contribution in [0.25, 0.3) is 54.2 Å². The first-order valence-electron chi connectivity index (χ1n) is 12.3. The zero-order chi connectivity index (χ0) is 24.5. The molecule has 3 heterocycles. The topological polar surface area (TPSA) is 38.9 Å². The van der Waals surface area contributed by atoms with E-state index < -0.39 is 0 Å². The Labute approximate surface area is 209 Å². The highest BCUT2D eigenvalue weighted by Crippen LogP contribution is 2.43. The molecular weight excluding hydrogens is 448 g/mol. The zero-order valence-electron chi connectivity index (χ0n) is 21.2. The molecule has 6 aromatic rings. The summed E-state index contributed by atoms with van der Waals surface area (Å²) in [7, 11) is 0. The summed E-state index contributed by atoms with van der Waals surface area (Å²) in [5, 5.41) is 5.82. The van der Waals surface area contributed by atoms with E-state index in [9.17, 15) is 0 Å². The standard InChI is InChI=1S/C31H30N2OS/c1-17(2)13-25-18(3)26-24(35-25)12-11-22-27-28(32-16-33-30(27)34-29(22)26)20-14-19-9-7-8-10-21(19)23(15-20)31(4,5)6/h7-12,14-17H,13H2,1-6H3. The minimum absolute atomic E-state index is 0.00694. The van der Waals surface area contributed by atoms with Crippen LogP contribution in [0.15, 0.2) is 59.3 Å². The number of aryl methyl sites for hydroxylation is 1. The molecule has 0 spiro atoms. The first-order valence-corrected chi connectivity index (χ1v) is 13.2. The minimum Gasteiger partial charge on any atom is -0.437 e. The Kier molecular flexibility index (Phi) is 5.01. The number of nitrogens with zero attached hydrogens (tertiary/aromatic N) is 2. The Morgan fingerprint density at radius 2 is 1.74 bits per heavy atom. The highest BCUT2D eigenvalue weighted by atomic mass is 32.1. The zero-order valence-corrected chi connectivity index (χ0v) is 22.0. The van der Waals surface area contributed by atoms with Crippen molar-refractivity contribution in [3.63, 3.8) is 0 Å². The Morgan fingerprint density at radius 3 is 2.51 bits per heavy atom. The highest BCUT2D eigenvalue weighted by molar-refractivity contribution is 7.19. The average molecular weight is 479 g/mol. The van der Waals surface area contributed by atoms with Crippen LogP contribution in [0.5, 0.6) is 0 Å². The van der Waals surface area contributed by atoms with Crippen molar-refractivity contribution in [3.8, 4) is 11.3 Å². The van der Waals surface area contributed by atoms with Gasteiger partial charge >= 0.3 is 0 Å². The Bertz CT molecular complexity index is 1750. The molecule has 0 radical (unpaired) electrons.